The number of halogens is 1. The molecule has 0 nitrogen and oxygen atoms in total. The molecule has 1 aliphatic carbocycles. The lowest BCUT2D eigenvalue weighted by Crippen LogP contribution is -2.09. The highest BCUT2D eigenvalue weighted by Crippen LogP contribution is 2.33. The Morgan fingerprint density at radius 3 is 2.38 bits per heavy atom. The molecule has 13 heavy (non-hydrogen) atoms. The molecule has 1 aromatic carbocycles. The molecule has 1 aromatic rings. The maximum Gasteiger partial charge on any atom is 0.0175 e. The monoisotopic (exact) mass is 236 g/mol. The van der Waals surface area contributed by atoms with E-state index in [4.69, 9.17) is 0 Å². The molecule has 0 unspecified atom stereocenters. The summed E-state index contributed by atoms with van der Waals surface area (Å²) >= 11 is 3.43. The Bertz CT molecular complexity index is 313. The highest BCUT2D eigenvalue weighted by molar-refractivity contribution is 9.10. The number of hydrogen-bond donors (Lipinski definition) is 0. The summed E-state index contributed by atoms with van der Waals surface area (Å²) in [5.41, 5.74) is 2.92. The molecule has 0 spiro atoms. The predicted octanol–water partition coefficient (Wildman–Crippen LogP) is 4.26. The molecule has 0 heterocycles. The van der Waals surface area contributed by atoms with Crippen LogP contribution in [0.25, 0.3) is 6.08 Å². The molecule has 0 aliphatic heterocycles. The molecule has 1 aliphatic rings. The van der Waals surface area contributed by atoms with Crippen LogP contribution in [0.5, 0.6) is 0 Å². The van der Waals surface area contributed by atoms with Gasteiger partial charge in [-0.2, -0.15) is 0 Å². The minimum Gasteiger partial charge on any atom is -0.0691 e. The minimum absolute atomic E-state index is 0.904. The molecule has 0 radical (unpaired) electrons. The molecule has 0 bridgehead atoms. The van der Waals surface area contributed by atoms with E-state index in [9.17, 15) is 0 Å². The van der Waals surface area contributed by atoms with E-state index in [0.717, 1.165) is 10.4 Å². The zero-order valence-corrected chi connectivity index (χ0v) is 9.34. The Morgan fingerprint density at radius 2 is 1.85 bits per heavy atom. The topological polar surface area (TPSA) is 0 Å². The van der Waals surface area contributed by atoms with Crippen molar-refractivity contribution in [3.05, 3.63) is 39.9 Å². The lowest BCUT2D eigenvalue weighted by atomic mass is 9.81. The van der Waals surface area contributed by atoms with Crippen LogP contribution in [-0.4, -0.2) is 0 Å². The van der Waals surface area contributed by atoms with E-state index < -0.39 is 0 Å². The quantitative estimate of drug-likeness (QED) is 0.684. The van der Waals surface area contributed by atoms with Gasteiger partial charge in [-0.1, -0.05) is 46.6 Å². The van der Waals surface area contributed by atoms with Crippen molar-refractivity contribution in [2.45, 2.75) is 19.8 Å². The second-order valence-corrected chi connectivity index (χ2v) is 4.78. The van der Waals surface area contributed by atoms with E-state index in [1.54, 1.807) is 5.57 Å². The van der Waals surface area contributed by atoms with Gasteiger partial charge in [0.25, 0.3) is 0 Å². The van der Waals surface area contributed by atoms with Crippen molar-refractivity contribution < 1.29 is 0 Å². The third-order valence-electron chi connectivity index (χ3n) is 2.46. The van der Waals surface area contributed by atoms with E-state index in [-0.39, 0.29) is 0 Å². The van der Waals surface area contributed by atoms with Crippen LogP contribution in [0.15, 0.2) is 34.3 Å². The van der Waals surface area contributed by atoms with Crippen LogP contribution >= 0.6 is 15.9 Å². The maximum absolute atomic E-state index is 3.43. The lowest BCUT2D eigenvalue weighted by molar-refractivity contribution is 0.464. The van der Waals surface area contributed by atoms with E-state index in [1.807, 2.05) is 0 Å². The van der Waals surface area contributed by atoms with Crippen molar-refractivity contribution in [1.82, 2.24) is 0 Å². The minimum atomic E-state index is 0.904. The largest absolute Gasteiger partial charge is 0.0691 e. The van der Waals surface area contributed by atoms with Crippen molar-refractivity contribution in [3.8, 4) is 0 Å². The maximum atomic E-state index is 3.43. The third-order valence-corrected chi connectivity index (χ3v) is 2.99. The lowest BCUT2D eigenvalue weighted by Gasteiger charge is -2.25. The SMILES string of the molecule is CC1CC(=Cc2ccc(Br)cc2)C1. The van der Waals surface area contributed by atoms with Crippen LogP contribution in [0.3, 0.4) is 0 Å². The van der Waals surface area contributed by atoms with Crippen LogP contribution in [-0.2, 0) is 0 Å². The van der Waals surface area contributed by atoms with Gasteiger partial charge in [0.2, 0.25) is 0 Å². The van der Waals surface area contributed by atoms with E-state index in [2.05, 4.69) is 53.2 Å². The van der Waals surface area contributed by atoms with Gasteiger partial charge in [0.05, 0.1) is 0 Å². The van der Waals surface area contributed by atoms with Crippen molar-refractivity contribution in [3.63, 3.8) is 0 Å². The molecule has 0 aromatic heterocycles. The molecule has 0 saturated heterocycles. The van der Waals surface area contributed by atoms with Gasteiger partial charge in [0.1, 0.15) is 0 Å². The molecule has 2 rings (SSSR count). The smallest absolute Gasteiger partial charge is 0.0175 e. The zero-order chi connectivity index (χ0) is 9.26. The highest BCUT2D eigenvalue weighted by Gasteiger charge is 2.17. The molecule has 1 fully saturated rings. The number of allylic oxidation sites excluding steroid dienone is 1. The summed E-state index contributed by atoms with van der Waals surface area (Å²) in [6, 6.07) is 8.49. The average molecular weight is 237 g/mol. The molecular formula is C12H13Br. The summed E-state index contributed by atoms with van der Waals surface area (Å²) in [6.45, 7) is 2.30. The van der Waals surface area contributed by atoms with Gasteiger partial charge < -0.3 is 0 Å². The van der Waals surface area contributed by atoms with Crippen molar-refractivity contribution in [2.75, 3.05) is 0 Å². The van der Waals surface area contributed by atoms with Crippen molar-refractivity contribution in [2.24, 2.45) is 5.92 Å². The van der Waals surface area contributed by atoms with Gasteiger partial charge in [0, 0.05) is 4.47 Å². The Morgan fingerprint density at radius 1 is 1.23 bits per heavy atom. The van der Waals surface area contributed by atoms with Gasteiger partial charge in [-0.25, -0.2) is 0 Å². The molecule has 0 atom stereocenters. The molecule has 0 amide bonds. The summed E-state index contributed by atoms with van der Waals surface area (Å²) in [5.74, 6) is 0.904. The first-order valence-electron chi connectivity index (χ1n) is 4.69. The fourth-order valence-corrected chi connectivity index (χ4v) is 2.01. The number of hydrogen-bond acceptors (Lipinski definition) is 0. The Hall–Kier alpha value is -0.560. The third kappa shape index (κ3) is 2.22. The van der Waals surface area contributed by atoms with Crippen LogP contribution in [0, 0.1) is 5.92 Å². The average Bonchev–Trinajstić information content (AvgIpc) is 2.06. The van der Waals surface area contributed by atoms with Gasteiger partial charge in [-0.3, -0.25) is 0 Å². The fraction of sp³-hybridized carbons (Fsp3) is 0.333. The van der Waals surface area contributed by atoms with Crippen LogP contribution in [0.1, 0.15) is 25.3 Å². The van der Waals surface area contributed by atoms with Gasteiger partial charge in [0.15, 0.2) is 0 Å². The summed E-state index contributed by atoms with van der Waals surface area (Å²) in [6.07, 6.45) is 4.89. The number of rotatable bonds is 1. The standard InChI is InChI=1S/C12H13Br/c1-9-6-11(7-9)8-10-2-4-12(13)5-3-10/h2-5,8-9H,6-7H2,1H3. The first-order chi connectivity index (χ1) is 6.24. The van der Waals surface area contributed by atoms with Crippen LogP contribution < -0.4 is 0 Å². The van der Waals surface area contributed by atoms with Crippen molar-refractivity contribution >= 4 is 22.0 Å². The molecule has 0 N–H and O–H groups in total. The molecule has 1 heteroatoms. The second-order valence-electron chi connectivity index (χ2n) is 3.87. The van der Waals surface area contributed by atoms with E-state index in [1.165, 1.54) is 18.4 Å². The Balaban J connectivity index is 2.10. The van der Waals surface area contributed by atoms with Crippen LogP contribution in [0.2, 0.25) is 0 Å². The summed E-state index contributed by atoms with van der Waals surface area (Å²) in [5, 5.41) is 0. The van der Waals surface area contributed by atoms with Gasteiger partial charge >= 0.3 is 0 Å². The summed E-state index contributed by atoms with van der Waals surface area (Å²) in [7, 11) is 0. The van der Waals surface area contributed by atoms with Gasteiger partial charge in [-0.15, -0.1) is 0 Å². The Labute approximate surface area is 87.8 Å². The highest BCUT2D eigenvalue weighted by atomic mass is 79.9. The van der Waals surface area contributed by atoms with E-state index in [0.29, 0.717) is 0 Å². The zero-order valence-electron chi connectivity index (χ0n) is 7.76. The summed E-state index contributed by atoms with van der Waals surface area (Å²) < 4.78 is 1.15. The predicted molar refractivity (Wildman–Crippen MR) is 60.5 cm³/mol. The summed E-state index contributed by atoms with van der Waals surface area (Å²) in [4.78, 5) is 0. The number of benzene rings is 1. The van der Waals surface area contributed by atoms with Gasteiger partial charge in [-0.05, 0) is 36.5 Å². The van der Waals surface area contributed by atoms with E-state index >= 15 is 0 Å². The second kappa shape index (κ2) is 3.67. The van der Waals surface area contributed by atoms with Crippen molar-refractivity contribution in [1.29, 1.82) is 0 Å². The molecule has 1 saturated carbocycles. The van der Waals surface area contributed by atoms with Crippen LogP contribution in [0.4, 0.5) is 0 Å². The molecule has 68 valence electrons. The Kier molecular flexibility index (Phi) is 2.54. The molecular weight excluding hydrogens is 224 g/mol. The first kappa shape index (κ1) is 9.01. The first-order valence-corrected chi connectivity index (χ1v) is 5.48. The fourth-order valence-electron chi connectivity index (χ4n) is 1.75. The normalized spacial score (nSPS) is 21.1.